The summed E-state index contributed by atoms with van der Waals surface area (Å²) in [5.74, 6) is -1.61. The average Bonchev–Trinajstić information content (AvgIpc) is 3.32. The number of carbonyl (C=O) groups excluding carboxylic acids is 1. The Morgan fingerprint density at radius 1 is 1.00 bits per heavy atom. The molecule has 0 saturated heterocycles. The third-order valence-corrected chi connectivity index (χ3v) is 7.10. The zero-order valence-corrected chi connectivity index (χ0v) is 20.6. The van der Waals surface area contributed by atoms with Crippen LogP contribution in [-0.2, 0) is 35.5 Å². The first-order valence-corrected chi connectivity index (χ1v) is 12.4. The number of nitrogens with zero attached hydrogens (tertiary/aromatic N) is 3. The zero-order valence-electron chi connectivity index (χ0n) is 20.6. The summed E-state index contributed by atoms with van der Waals surface area (Å²) >= 11 is 0. The molecule has 1 amide bonds. The fourth-order valence-corrected chi connectivity index (χ4v) is 5.08. The first kappa shape index (κ1) is 24.3. The number of hydrogen-bond donors (Lipinski definition) is 2. The number of rotatable bonds is 7. The predicted molar refractivity (Wildman–Crippen MR) is 139 cm³/mol. The Hall–Kier alpha value is -4.39. The largest absolute Gasteiger partial charge is 0.508 e. The molecule has 0 aliphatic carbocycles. The van der Waals surface area contributed by atoms with Crippen molar-refractivity contribution in [2.24, 2.45) is 0 Å². The Morgan fingerprint density at radius 3 is 2.24 bits per heavy atom. The maximum atomic E-state index is 14.0. The maximum absolute atomic E-state index is 14.0. The summed E-state index contributed by atoms with van der Waals surface area (Å²) in [5, 5.41) is 19.9. The Kier molecular flexibility index (Phi) is 6.77. The predicted octanol–water partition coefficient (Wildman–Crippen LogP) is 4.31. The van der Waals surface area contributed by atoms with Crippen LogP contribution in [0, 0.1) is 6.92 Å². The molecule has 0 fully saturated rings. The molecule has 7 nitrogen and oxygen atoms in total. The fourth-order valence-electron chi connectivity index (χ4n) is 5.08. The van der Waals surface area contributed by atoms with Gasteiger partial charge in [0.15, 0.2) is 0 Å². The molecular weight excluding hydrogens is 466 g/mol. The number of aromatic hydroxyl groups is 1. The lowest BCUT2D eigenvalue weighted by Gasteiger charge is -2.35. The Labute approximate surface area is 215 Å². The normalized spacial score (nSPS) is 15.0. The van der Waals surface area contributed by atoms with Crippen molar-refractivity contribution in [3.8, 4) is 5.75 Å². The van der Waals surface area contributed by atoms with E-state index in [0.29, 0.717) is 13.0 Å². The summed E-state index contributed by atoms with van der Waals surface area (Å²) in [6.45, 7) is 2.63. The van der Waals surface area contributed by atoms with Crippen LogP contribution in [0.15, 0.2) is 85.2 Å². The number of amides is 1. The van der Waals surface area contributed by atoms with Crippen LogP contribution in [0.2, 0.25) is 0 Å². The number of imidazole rings is 1. The van der Waals surface area contributed by atoms with E-state index in [9.17, 15) is 19.8 Å². The highest BCUT2D eigenvalue weighted by molar-refractivity contribution is 5.91. The smallest absolute Gasteiger partial charge is 0.326 e. The van der Waals surface area contributed by atoms with E-state index in [4.69, 9.17) is 0 Å². The van der Waals surface area contributed by atoms with Crippen molar-refractivity contribution in [3.05, 3.63) is 119 Å². The highest BCUT2D eigenvalue weighted by Crippen LogP contribution is 2.32. The number of hydrogen-bond acceptors (Lipinski definition) is 4. The van der Waals surface area contributed by atoms with E-state index >= 15 is 0 Å². The molecule has 1 aromatic heterocycles. The Bertz CT molecular complexity index is 1380. The minimum atomic E-state index is -1.03. The number of phenolic OH excluding ortho intramolecular Hbond substituents is 1. The van der Waals surface area contributed by atoms with E-state index < -0.39 is 17.9 Å². The van der Waals surface area contributed by atoms with E-state index in [1.807, 2.05) is 84.3 Å². The lowest BCUT2D eigenvalue weighted by molar-refractivity contribution is -0.151. The van der Waals surface area contributed by atoms with Gasteiger partial charge in [0, 0.05) is 18.7 Å². The van der Waals surface area contributed by atoms with Crippen LogP contribution in [0.4, 0.5) is 0 Å². The highest BCUT2D eigenvalue weighted by Gasteiger charge is 2.40. The molecule has 0 unspecified atom stereocenters. The average molecular weight is 496 g/mol. The molecule has 0 spiro atoms. The van der Waals surface area contributed by atoms with Crippen LogP contribution >= 0.6 is 0 Å². The number of aromatic nitrogens is 2. The molecule has 1 atom stereocenters. The molecule has 0 radical (unpaired) electrons. The van der Waals surface area contributed by atoms with Gasteiger partial charge in [-0.1, -0.05) is 72.8 Å². The van der Waals surface area contributed by atoms with Crippen LogP contribution in [-0.4, -0.2) is 42.6 Å². The monoisotopic (exact) mass is 495 g/mol. The van der Waals surface area contributed by atoms with Gasteiger partial charge in [-0.25, -0.2) is 9.78 Å². The van der Waals surface area contributed by atoms with Gasteiger partial charge in [0.2, 0.25) is 5.91 Å². The molecule has 0 saturated carbocycles. The minimum Gasteiger partial charge on any atom is -0.508 e. The number of phenols is 1. The van der Waals surface area contributed by atoms with Gasteiger partial charge in [-0.15, -0.1) is 0 Å². The first-order valence-electron chi connectivity index (χ1n) is 12.4. The number of benzene rings is 3. The standard InChI is InChI=1S/C30H29N3O4/c1-20-16-21(12-13-27(20)34)14-15-32-19-31-24-18-33(26(30(36)37)17-25(24)32)29(35)28(22-8-4-2-5-9-22)23-10-6-3-7-11-23/h2-13,16,19,26,28,34H,14-15,17-18H2,1H3,(H,36,37)/t26-/m0/s1. The van der Waals surface area contributed by atoms with Crippen LogP contribution in [0.3, 0.4) is 0 Å². The minimum absolute atomic E-state index is 0.145. The molecule has 188 valence electrons. The van der Waals surface area contributed by atoms with Gasteiger partial charge in [-0.2, -0.15) is 0 Å². The molecule has 3 aromatic carbocycles. The quantitative estimate of drug-likeness (QED) is 0.398. The molecule has 7 heteroatoms. The van der Waals surface area contributed by atoms with Crippen molar-refractivity contribution < 1.29 is 19.8 Å². The summed E-state index contributed by atoms with van der Waals surface area (Å²) in [6.07, 6.45) is 2.65. The van der Waals surface area contributed by atoms with E-state index in [2.05, 4.69) is 4.98 Å². The Morgan fingerprint density at radius 2 is 1.65 bits per heavy atom. The number of carbonyl (C=O) groups is 2. The van der Waals surface area contributed by atoms with Gasteiger partial charge in [0.25, 0.3) is 0 Å². The number of carboxylic acid groups (broad SMARTS) is 1. The van der Waals surface area contributed by atoms with Gasteiger partial charge in [0.1, 0.15) is 11.8 Å². The van der Waals surface area contributed by atoms with E-state index in [1.165, 1.54) is 4.90 Å². The third kappa shape index (κ3) is 4.98. The van der Waals surface area contributed by atoms with Crippen molar-refractivity contribution in [2.45, 2.75) is 44.8 Å². The van der Waals surface area contributed by atoms with Crippen molar-refractivity contribution in [2.75, 3.05) is 0 Å². The fraction of sp³-hybridized carbons (Fsp3) is 0.233. The van der Waals surface area contributed by atoms with Gasteiger partial charge >= 0.3 is 5.97 Å². The molecule has 1 aliphatic rings. The van der Waals surface area contributed by atoms with Crippen LogP contribution < -0.4 is 0 Å². The summed E-state index contributed by atoms with van der Waals surface area (Å²) in [4.78, 5) is 32.5. The van der Waals surface area contributed by atoms with Gasteiger partial charge in [-0.3, -0.25) is 4.79 Å². The highest BCUT2D eigenvalue weighted by atomic mass is 16.4. The van der Waals surface area contributed by atoms with Crippen LogP contribution in [0.25, 0.3) is 0 Å². The molecule has 0 bridgehead atoms. The van der Waals surface area contributed by atoms with Crippen molar-refractivity contribution in [3.63, 3.8) is 0 Å². The van der Waals surface area contributed by atoms with Crippen LogP contribution in [0.5, 0.6) is 5.75 Å². The molecule has 37 heavy (non-hydrogen) atoms. The van der Waals surface area contributed by atoms with Gasteiger partial charge in [-0.05, 0) is 41.7 Å². The van der Waals surface area contributed by atoms with E-state index in [-0.39, 0.29) is 24.6 Å². The lowest BCUT2D eigenvalue weighted by atomic mass is 9.88. The molecular formula is C30H29N3O4. The number of fused-ring (bicyclic) bond motifs is 1. The van der Waals surface area contributed by atoms with Crippen molar-refractivity contribution >= 4 is 11.9 Å². The van der Waals surface area contributed by atoms with Crippen molar-refractivity contribution in [1.29, 1.82) is 0 Å². The van der Waals surface area contributed by atoms with E-state index in [0.717, 1.165) is 33.6 Å². The molecule has 2 heterocycles. The van der Waals surface area contributed by atoms with E-state index in [1.54, 1.807) is 12.4 Å². The number of carboxylic acids is 1. The summed E-state index contributed by atoms with van der Waals surface area (Å²) in [7, 11) is 0. The molecule has 4 aromatic rings. The summed E-state index contributed by atoms with van der Waals surface area (Å²) in [5.41, 5.74) is 5.12. The lowest BCUT2D eigenvalue weighted by Crippen LogP contribution is -2.50. The maximum Gasteiger partial charge on any atom is 0.326 e. The SMILES string of the molecule is Cc1cc(CCn2cnc3c2C[C@@H](C(=O)O)N(C(=O)C(c2ccccc2)c2ccccc2)C3)ccc1O. The third-order valence-electron chi connectivity index (χ3n) is 7.10. The second-order valence-electron chi connectivity index (χ2n) is 9.48. The van der Waals surface area contributed by atoms with Crippen molar-refractivity contribution in [1.82, 2.24) is 14.5 Å². The number of aryl methyl sites for hydroxylation is 3. The van der Waals surface area contributed by atoms with Gasteiger partial charge < -0.3 is 19.7 Å². The molecule has 2 N–H and O–H groups in total. The Balaban J connectivity index is 1.42. The summed E-state index contributed by atoms with van der Waals surface area (Å²) in [6, 6.07) is 23.5. The van der Waals surface area contributed by atoms with Gasteiger partial charge in [0.05, 0.1) is 24.5 Å². The topological polar surface area (TPSA) is 95.7 Å². The molecule has 1 aliphatic heterocycles. The second kappa shape index (κ2) is 10.3. The zero-order chi connectivity index (χ0) is 25.9. The van der Waals surface area contributed by atoms with Crippen LogP contribution in [0.1, 0.15) is 39.6 Å². The summed E-state index contributed by atoms with van der Waals surface area (Å²) < 4.78 is 1.99. The number of aliphatic carboxylic acids is 1. The molecule has 5 rings (SSSR count). The first-order chi connectivity index (χ1) is 17.9. The second-order valence-corrected chi connectivity index (χ2v) is 9.48.